The van der Waals surface area contributed by atoms with Gasteiger partial charge in [0.2, 0.25) is 5.91 Å². The summed E-state index contributed by atoms with van der Waals surface area (Å²) in [5.74, 6) is 0.646. The molecule has 2 aromatic rings. The molecule has 2 N–H and O–H groups in total. The summed E-state index contributed by atoms with van der Waals surface area (Å²) in [4.78, 5) is 24.7. The molecule has 0 saturated heterocycles. The van der Waals surface area contributed by atoms with E-state index in [-0.39, 0.29) is 17.7 Å². The molecule has 134 valence electrons. The predicted octanol–water partition coefficient (Wildman–Crippen LogP) is 3.06. The minimum absolute atomic E-state index is 0.0340. The van der Waals surface area contributed by atoms with Crippen LogP contribution in [-0.2, 0) is 4.79 Å². The molecule has 9 heteroatoms. The first kappa shape index (κ1) is 17.9. The highest BCUT2D eigenvalue weighted by Gasteiger charge is 2.30. The van der Waals surface area contributed by atoms with Gasteiger partial charge in [-0.15, -0.1) is 21.5 Å². The second-order valence-electron chi connectivity index (χ2n) is 6.00. The summed E-state index contributed by atoms with van der Waals surface area (Å²) in [5, 5.41) is 16.3. The number of urea groups is 1. The van der Waals surface area contributed by atoms with E-state index in [2.05, 4.69) is 25.4 Å². The van der Waals surface area contributed by atoms with Crippen molar-refractivity contribution >= 4 is 35.0 Å². The van der Waals surface area contributed by atoms with Gasteiger partial charge in [0.1, 0.15) is 0 Å². The number of carbonyl (C=O) groups is 2. The third-order valence-electron chi connectivity index (χ3n) is 3.89. The van der Waals surface area contributed by atoms with Crippen molar-refractivity contribution in [2.45, 2.75) is 50.4 Å². The van der Waals surface area contributed by atoms with Crippen molar-refractivity contribution in [1.82, 2.24) is 25.4 Å². The van der Waals surface area contributed by atoms with Crippen molar-refractivity contribution in [2.75, 3.05) is 5.75 Å². The summed E-state index contributed by atoms with van der Waals surface area (Å²) in [6.07, 6.45) is 3.02. The third-order valence-corrected chi connectivity index (χ3v) is 5.70. The van der Waals surface area contributed by atoms with Crippen LogP contribution < -0.4 is 10.6 Å². The Labute approximate surface area is 154 Å². The van der Waals surface area contributed by atoms with Crippen molar-refractivity contribution in [3.63, 3.8) is 0 Å². The minimum Gasteiger partial charge on any atom is -0.335 e. The molecule has 2 aromatic heterocycles. The van der Waals surface area contributed by atoms with E-state index in [0.717, 1.165) is 35.1 Å². The molecule has 0 aliphatic heterocycles. The highest BCUT2D eigenvalue weighted by atomic mass is 32.2. The molecule has 7 nitrogen and oxygen atoms in total. The predicted molar refractivity (Wildman–Crippen MR) is 98.8 cm³/mol. The number of hydrogen-bond donors (Lipinski definition) is 2. The molecule has 1 fully saturated rings. The van der Waals surface area contributed by atoms with Gasteiger partial charge in [-0.25, -0.2) is 4.79 Å². The summed E-state index contributed by atoms with van der Waals surface area (Å²) in [7, 11) is 0. The second kappa shape index (κ2) is 8.01. The van der Waals surface area contributed by atoms with Gasteiger partial charge < -0.3 is 5.32 Å². The van der Waals surface area contributed by atoms with Crippen LogP contribution in [0, 0.1) is 0 Å². The quantitative estimate of drug-likeness (QED) is 0.722. The Hall–Kier alpha value is -1.87. The molecule has 0 spiro atoms. The van der Waals surface area contributed by atoms with E-state index in [1.165, 1.54) is 11.8 Å². The maximum Gasteiger partial charge on any atom is 0.321 e. The number of thioether (sulfide) groups is 1. The first-order chi connectivity index (χ1) is 12.1. The van der Waals surface area contributed by atoms with E-state index in [1.807, 2.05) is 31.4 Å². The topological polar surface area (TPSA) is 88.9 Å². The zero-order chi connectivity index (χ0) is 17.8. The molecule has 3 rings (SSSR count). The fraction of sp³-hybridized carbons (Fsp3) is 0.500. The van der Waals surface area contributed by atoms with Gasteiger partial charge in [0.05, 0.1) is 10.6 Å². The number of carbonyl (C=O) groups excluding carboxylic acids is 2. The molecular weight excluding hydrogens is 358 g/mol. The van der Waals surface area contributed by atoms with Gasteiger partial charge in [0.15, 0.2) is 11.0 Å². The molecule has 0 unspecified atom stereocenters. The number of thiophene rings is 1. The van der Waals surface area contributed by atoms with Crippen LogP contribution in [0.25, 0.3) is 10.7 Å². The van der Waals surface area contributed by atoms with Crippen molar-refractivity contribution < 1.29 is 9.59 Å². The Kier molecular flexibility index (Phi) is 5.74. The van der Waals surface area contributed by atoms with E-state index in [0.29, 0.717) is 6.04 Å². The van der Waals surface area contributed by atoms with Crippen molar-refractivity contribution in [3.05, 3.63) is 17.5 Å². The van der Waals surface area contributed by atoms with Crippen LogP contribution in [0.3, 0.4) is 0 Å². The fourth-order valence-corrected chi connectivity index (χ4v) is 3.78. The number of nitrogens with zero attached hydrogens (tertiary/aromatic N) is 3. The van der Waals surface area contributed by atoms with Crippen LogP contribution in [0.15, 0.2) is 22.7 Å². The smallest absolute Gasteiger partial charge is 0.321 e. The van der Waals surface area contributed by atoms with Crippen LogP contribution in [0.4, 0.5) is 4.79 Å². The summed E-state index contributed by atoms with van der Waals surface area (Å²) in [5.41, 5.74) is 0. The first-order valence-corrected chi connectivity index (χ1v) is 10.2. The number of aromatic nitrogens is 3. The highest BCUT2D eigenvalue weighted by Crippen LogP contribution is 2.41. The standard InChI is InChI=1S/C16H21N5O2S2/c1-3-10(2)17-15(23)18-13(22)9-25-16-20-19-14(12-5-4-8-24-12)21(16)11-6-7-11/h4-5,8,10-11H,3,6-7,9H2,1-2H3,(H2,17,18,22,23)/t10-/m0/s1. The average Bonchev–Trinajstić information content (AvgIpc) is 3.11. The summed E-state index contributed by atoms with van der Waals surface area (Å²) in [6, 6.07) is 4.00. The number of hydrogen-bond acceptors (Lipinski definition) is 6. The summed E-state index contributed by atoms with van der Waals surface area (Å²) >= 11 is 2.93. The molecule has 0 radical (unpaired) electrons. The molecule has 1 atom stereocenters. The van der Waals surface area contributed by atoms with Gasteiger partial charge >= 0.3 is 6.03 Å². The minimum atomic E-state index is -0.456. The molecular formula is C16H21N5O2S2. The number of imide groups is 1. The van der Waals surface area contributed by atoms with Crippen LogP contribution in [-0.4, -0.2) is 38.5 Å². The Morgan fingerprint density at radius 1 is 1.44 bits per heavy atom. The van der Waals surface area contributed by atoms with Gasteiger partial charge in [0, 0.05) is 12.1 Å². The van der Waals surface area contributed by atoms with E-state index >= 15 is 0 Å². The van der Waals surface area contributed by atoms with Crippen molar-refractivity contribution in [3.8, 4) is 10.7 Å². The molecule has 25 heavy (non-hydrogen) atoms. The second-order valence-corrected chi connectivity index (χ2v) is 7.89. The average molecular weight is 380 g/mol. The Bertz CT molecular complexity index is 740. The summed E-state index contributed by atoms with van der Waals surface area (Å²) in [6.45, 7) is 3.86. The normalized spacial score (nSPS) is 15.0. The maximum absolute atomic E-state index is 12.0. The van der Waals surface area contributed by atoms with Gasteiger partial charge in [-0.1, -0.05) is 24.8 Å². The van der Waals surface area contributed by atoms with Crippen molar-refractivity contribution in [2.24, 2.45) is 0 Å². The SMILES string of the molecule is CC[C@H](C)NC(=O)NC(=O)CSc1nnc(-c2cccs2)n1C1CC1. The molecule has 0 aromatic carbocycles. The van der Waals surface area contributed by atoms with E-state index in [4.69, 9.17) is 0 Å². The van der Waals surface area contributed by atoms with Crippen LogP contribution >= 0.6 is 23.1 Å². The monoisotopic (exact) mass is 379 g/mol. The highest BCUT2D eigenvalue weighted by molar-refractivity contribution is 7.99. The van der Waals surface area contributed by atoms with Gasteiger partial charge in [0.25, 0.3) is 0 Å². The molecule has 1 saturated carbocycles. The van der Waals surface area contributed by atoms with Crippen LogP contribution in [0.1, 0.15) is 39.2 Å². The molecule has 1 aliphatic carbocycles. The zero-order valence-electron chi connectivity index (χ0n) is 14.2. The lowest BCUT2D eigenvalue weighted by atomic mass is 10.3. The lowest BCUT2D eigenvalue weighted by Gasteiger charge is -2.11. The zero-order valence-corrected chi connectivity index (χ0v) is 15.8. The molecule has 2 heterocycles. The number of nitrogens with one attached hydrogen (secondary N) is 2. The van der Waals surface area contributed by atoms with Crippen LogP contribution in [0.2, 0.25) is 0 Å². The summed E-state index contributed by atoms with van der Waals surface area (Å²) < 4.78 is 2.11. The number of amides is 3. The third kappa shape index (κ3) is 4.60. The lowest BCUT2D eigenvalue weighted by Crippen LogP contribution is -2.43. The fourth-order valence-electron chi connectivity index (χ4n) is 2.27. The largest absolute Gasteiger partial charge is 0.335 e. The Morgan fingerprint density at radius 3 is 2.88 bits per heavy atom. The molecule has 1 aliphatic rings. The van der Waals surface area contributed by atoms with E-state index in [9.17, 15) is 9.59 Å². The number of rotatable bonds is 7. The molecule has 0 bridgehead atoms. The first-order valence-electron chi connectivity index (χ1n) is 8.30. The Morgan fingerprint density at radius 2 is 2.24 bits per heavy atom. The van der Waals surface area contributed by atoms with Crippen LogP contribution in [0.5, 0.6) is 0 Å². The van der Waals surface area contributed by atoms with Gasteiger partial charge in [-0.3, -0.25) is 14.7 Å². The van der Waals surface area contributed by atoms with Gasteiger partial charge in [-0.05, 0) is 37.6 Å². The molecule has 3 amide bonds. The Balaban J connectivity index is 1.60. The van der Waals surface area contributed by atoms with Gasteiger partial charge in [-0.2, -0.15) is 0 Å². The lowest BCUT2D eigenvalue weighted by molar-refractivity contribution is -0.117. The van der Waals surface area contributed by atoms with Crippen molar-refractivity contribution in [1.29, 1.82) is 0 Å². The maximum atomic E-state index is 12.0. The van der Waals surface area contributed by atoms with E-state index in [1.54, 1.807) is 11.3 Å². The van der Waals surface area contributed by atoms with E-state index < -0.39 is 6.03 Å².